The summed E-state index contributed by atoms with van der Waals surface area (Å²) in [6.07, 6.45) is 0.830. The van der Waals surface area contributed by atoms with Crippen molar-refractivity contribution in [2.45, 2.75) is 33.2 Å². The van der Waals surface area contributed by atoms with Crippen LogP contribution in [0.25, 0.3) is 5.69 Å². The van der Waals surface area contributed by atoms with Crippen molar-refractivity contribution in [3.8, 4) is 5.69 Å². The average molecular weight is 264 g/mol. The quantitative estimate of drug-likeness (QED) is 0.925. The fraction of sp³-hybridized carbons (Fsp3) is 0.357. The molecular weight excluding hydrogens is 246 g/mol. The maximum atomic E-state index is 6.33. The highest BCUT2D eigenvalue weighted by molar-refractivity contribution is 6.32. The highest BCUT2D eigenvalue weighted by Crippen LogP contribution is 2.23. The Morgan fingerprint density at radius 2 is 2.06 bits per heavy atom. The van der Waals surface area contributed by atoms with Gasteiger partial charge in [0.05, 0.1) is 16.4 Å². The van der Waals surface area contributed by atoms with Crippen LogP contribution in [0.5, 0.6) is 0 Å². The number of aryl methyl sites for hydroxylation is 2. The van der Waals surface area contributed by atoms with E-state index < -0.39 is 0 Å². The van der Waals surface area contributed by atoms with Crippen LogP contribution in [0.4, 0.5) is 0 Å². The largest absolute Gasteiger partial charge is 0.328 e. The number of benzene rings is 1. The number of rotatable bonds is 3. The van der Waals surface area contributed by atoms with Crippen molar-refractivity contribution in [1.29, 1.82) is 0 Å². The molecule has 2 N–H and O–H groups in total. The molecule has 1 atom stereocenters. The van der Waals surface area contributed by atoms with Crippen LogP contribution in [0.1, 0.15) is 23.9 Å². The standard InChI is InChI=1S/C14H18ClN3/c1-9(16)6-12-4-5-14(13(15)8-12)18-11(3)7-10(2)17-18/h4-5,7-9H,6,16H2,1-3H3. The number of hydrogen-bond donors (Lipinski definition) is 1. The van der Waals surface area contributed by atoms with Crippen LogP contribution < -0.4 is 5.73 Å². The van der Waals surface area contributed by atoms with Crippen molar-refractivity contribution in [3.63, 3.8) is 0 Å². The van der Waals surface area contributed by atoms with Crippen LogP contribution in [0.15, 0.2) is 24.3 Å². The van der Waals surface area contributed by atoms with Gasteiger partial charge in [0.1, 0.15) is 0 Å². The second-order valence-corrected chi connectivity index (χ2v) is 5.21. The van der Waals surface area contributed by atoms with Crippen molar-refractivity contribution in [3.05, 3.63) is 46.2 Å². The molecule has 0 bridgehead atoms. The summed E-state index contributed by atoms with van der Waals surface area (Å²) in [7, 11) is 0. The van der Waals surface area contributed by atoms with E-state index >= 15 is 0 Å². The van der Waals surface area contributed by atoms with Gasteiger partial charge in [-0.1, -0.05) is 17.7 Å². The van der Waals surface area contributed by atoms with E-state index in [1.807, 2.05) is 43.7 Å². The Morgan fingerprint density at radius 3 is 2.56 bits per heavy atom. The van der Waals surface area contributed by atoms with Gasteiger partial charge in [-0.15, -0.1) is 0 Å². The lowest BCUT2D eigenvalue weighted by Crippen LogP contribution is -2.17. The smallest absolute Gasteiger partial charge is 0.0835 e. The zero-order valence-electron chi connectivity index (χ0n) is 10.9. The third kappa shape index (κ3) is 2.74. The molecule has 1 unspecified atom stereocenters. The first-order chi connectivity index (χ1) is 8.47. The maximum absolute atomic E-state index is 6.33. The number of halogens is 1. The van der Waals surface area contributed by atoms with Crippen LogP contribution >= 0.6 is 11.6 Å². The lowest BCUT2D eigenvalue weighted by molar-refractivity contribution is 0.737. The zero-order valence-corrected chi connectivity index (χ0v) is 11.7. The van der Waals surface area contributed by atoms with Gasteiger partial charge in [-0.3, -0.25) is 0 Å². The lowest BCUT2D eigenvalue weighted by atomic mass is 10.1. The SMILES string of the molecule is Cc1cc(C)n(-c2ccc(CC(C)N)cc2Cl)n1. The molecule has 2 rings (SSSR count). The third-order valence-corrected chi connectivity index (χ3v) is 3.11. The predicted molar refractivity (Wildman–Crippen MR) is 75.4 cm³/mol. The van der Waals surface area contributed by atoms with Crippen molar-refractivity contribution < 1.29 is 0 Å². The molecule has 0 aliphatic carbocycles. The summed E-state index contributed by atoms with van der Waals surface area (Å²) in [5.41, 5.74) is 9.92. The minimum Gasteiger partial charge on any atom is -0.328 e. The Kier molecular flexibility index (Phi) is 3.73. The lowest BCUT2D eigenvalue weighted by Gasteiger charge is -2.10. The van der Waals surface area contributed by atoms with Gasteiger partial charge in [0.25, 0.3) is 0 Å². The van der Waals surface area contributed by atoms with E-state index in [9.17, 15) is 0 Å². The maximum Gasteiger partial charge on any atom is 0.0835 e. The molecular formula is C14H18ClN3. The Bertz CT molecular complexity index is 558. The molecule has 1 heterocycles. The van der Waals surface area contributed by atoms with Crippen LogP contribution in [0.3, 0.4) is 0 Å². The van der Waals surface area contributed by atoms with Crippen LogP contribution in [-0.2, 0) is 6.42 Å². The molecule has 0 fully saturated rings. The predicted octanol–water partition coefficient (Wildman–Crippen LogP) is 3.03. The van der Waals surface area contributed by atoms with Gasteiger partial charge >= 0.3 is 0 Å². The summed E-state index contributed by atoms with van der Waals surface area (Å²) >= 11 is 6.33. The van der Waals surface area contributed by atoms with E-state index in [4.69, 9.17) is 17.3 Å². The van der Waals surface area contributed by atoms with Crippen LogP contribution in [-0.4, -0.2) is 15.8 Å². The first kappa shape index (κ1) is 13.1. The number of nitrogens with zero attached hydrogens (tertiary/aromatic N) is 2. The summed E-state index contributed by atoms with van der Waals surface area (Å²) in [5.74, 6) is 0. The van der Waals surface area contributed by atoms with Gasteiger partial charge in [0, 0.05) is 11.7 Å². The highest BCUT2D eigenvalue weighted by Gasteiger charge is 2.09. The molecule has 0 saturated carbocycles. The first-order valence-corrected chi connectivity index (χ1v) is 6.43. The minimum absolute atomic E-state index is 0.139. The molecule has 0 radical (unpaired) electrons. The molecule has 3 nitrogen and oxygen atoms in total. The van der Waals surface area contributed by atoms with Gasteiger partial charge in [0.15, 0.2) is 0 Å². The molecule has 0 saturated heterocycles. The zero-order chi connectivity index (χ0) is 13.3. The molecule has 18 heavy (non-hydrogen) atoms. The third-order valence-electron chi connectivity index (χ3n) is 2.81. The molecule has 0 aliphatic rings. The van der Waals surface area contributed by atoms with Gasteiger partial charge in [-0.05, 0) is 51.0 Å². The number of nitrogens with two attached hydrogens (primary N) is 1. The minimum atomic E-state index is 0.139. The van der Waals surface area contributed by atoms with E-state index in [1.54, 1.807) is 0 Å². The normalized spacial score (nSPS) is 12.7. The summed E-state index contributed by atoms with van der Waals surface area (Å²) in [4.78, 5) is 0. The summed E-state index contributed by atoms with van der Waals surface area (Å²) < 4.78 is 1.87. The second-order valence-electron chi connectivity index (χ2n) is 4.81. The molecule has 1 aromatic carbocycles. The second kappa shape index (κ2) is 5.12. The number of hydrogen-bond acceptors (Lipinski definition) is 2. The molecule has 0 aliphatic heterocycles. The summed E-state index contributed by atoms with van der Waals surface area (Å²) in [6.45, 7) is 5.98. The molecule has 0 amide bonds. The van der Waals surface area contributed by atoms with Gasteiger partial charge in [0.2, 0.25) is 0 Å². The summed E-state index contributed by atoms with van der Waals surface area (Å²) in [6, 6.07) is 8.20. The van der Waals surface area contributed by atoms with E-state index in [1.165, 1.54) is 0 Å². The van der Waals surface area contributed by atoms with Gasteiger partial charge < -0.3 is 5.73 Å². The van der Waals surface area contributed by atoms with E-state index in [0.29, 0.717) is 5.02 Å². The van der Waals surface area contributed by atoms with Gasteiger partial charge in [-0.25, -0.2) is 4.68 Å². The van der Waals surface area contributed by atoms with Crippen molar-refractivity contribution in [2.24, 2.45) is 5.73 Å². The van der Waals surface area contributed by atoms with Crippen LogP contribution in [0.2, 0.25) is 5.02 Å². The van der Waals surface area contributed by atoms with Crippen molar-refractivity contribution in [2.75, 3.05) is 0 Å². The Balaban J connectivity index is 2.38. The highest BCUT2D eigenvalue weighted by atomic mass is 35.5. The Hall–Kier alpha value is -1.32. The molecule has 96 valence electrons. The fourth-order valence-corrected chi connectivity index (χ4v) is 2.38. The Labute approximate surface area is 113 Å². The van der Waals surface area contributed by atoms with E-state index in [2.05, 4.69) is 11.2 Å². The first-order valence-electron chi connectivity index (χ1n) is 6.05. The molecule has 2 aromatic rings. The number of aromatic nitrogens is 2. The Morgan fingerprint density at radius 1 is 1.33 bits per heavy atom. The topological polar surface area (TPSA) is 43.8 Å². The van der Waals surface area contributed by atoms with Crippen molar-refractivity contribution >= 4 is 11.6 Å². The van der Waals surface area contributed by atoms with Crippen LogP contribution in [0, 0.1) is 13.8 Å². The van der Waals surface area contributed by atoms with E-state index in [-0.39, 0.29) is 6.04 Å². The van der Waals surface area contributed by atoms with Gasteiger partial charge in [-0.2, -0.15) is 5.10 Å². The monoisotopic (exact) mass is 263 g/mol. The molecule has 1 aromatic heterocycles. The fourth-order valence-electron chi connectivity index (χ4n) is 2.09. The van der Waals surface area contributed by atoms with E-state index in [0.717, 1.165) is 29.1 Å². The average Bonchev–Trinajstić information content (AvgIpc) is 2.57. The molecule has 0 spiro atoms. The molecule has 4 heteroatoms. The van der Waals surface area contributed by atoms with Crippen molar-refractivity contribution in [1.82, 2.24) is 9.78 Å². The summed E-state index contributed by atoms with van der Waals surface area (Å²) in [5, 5.41) is 5.15.